The zero-order valence-electron chi connectivity index (χ0n) is 11.2. The lowest BCUT2D eigenvalue weighted by molar-refractivity contribution is 0.146. The van der Waals surface area contributed by atoms with Gasteiger partial charge in [-0.25, -0.2) is 0 Å². The maximum absolute atomic E-state index is 5.53. The third kappa shape index (κ3) is 3.89. The first-order chi connectivity index (χ1) is 8.78. The molecule has 1 saturated heterocycles. The number of hydrogen-bond donors (Lipinski definition) is 1. The van der Waals surface area contributed by atoms with Crippen LogP contribution in [0.3, 0.4) is 0 Å². The Bertz CT molecular complexity index is 353. The average molecular weight is 250 g/mol. The summed E-state index contributed by atoms with van der Waals surface area (Å²) in [7, 11) is 3.84. The minimum absolute atomic E-state index is 0.565. The fourth-order valence-electron chi connectivity index (χ4n) is 2.18. The summed E-state index contributed by atoms with van der Waals surface area (Å²) in [4.78, 5) is 2.35. The molecule has 2 rings (SSSR count). The molecule has 4 nitrogen and oxygen atoms in total. The van der Waals surface area contributed by atoms with Crippen molar-refractivity contribution in [3.63, 3.8) is 0 Å². The smallest absolute Gasteiger partial charge is 0.119 e. The van der Waals surface area contributed by atoms with E-state index in [1.54, 1.807) is 7.11 Å². The van der Waals surface area contributed by atoms with Crippen LogP contribution < -0.4 is 10.1 Å². The molecule has 0 radical (unpaired) electrons. The maximum atomic E-state index is 5.53. The highest BCUT2D eigenvalue weighted by atomic mass is 16.5. The zero-order valence-corrected chi connectivity index (χ0v) is 11.2. The van der Waals surface area contributed by atoms with E-state index >= 15 is 0 Å². The monoisotopic (exact) mass is 250 g/mol. The van der Waals surface area contributed by atoms with E-state index in [0.29, 0.717) is 19.3 Å². The molecule has 1 aromatic carbocycles. The van der Waals surface area contributed by atoms with Crippen molar-refractivity contribution in [2.75, 3.05) is 45.8 Å². The van der Waals surface area contributed by atoms with Crippen molar-refractivity contribution in [3.8, 4) is 5.75 Å². The van der Waals surface area contributed by atoms with Crippen LogP contribution in [0.1, 0.15) is 6.42 Å². The molecule has 0 bridgehead atoms. The first-order valence-electron chi connectivity index (χ1n) is 6.45. The van der Waals surface area contributed by atoms with Gasteiger partial charge in [-0.3, -0.25) is 0 Å². The van der Waals surface area contributed by atoms with Crippen LogP contribution in [0.5, 0.6) is 5.75 Å². The molecular weight excluding hydrogens is 228 g/mol. The molecule has 0 aromatic heterocycles. The summed E-state index contributed by atoms with van der Waals surface area (Å²) in [5, 5.41) is 3.54. The van der Waals surface area contributed by atoms with Crippen molar-refractivity contribution in [2.24, 2.45) is 0 Å². The number of rotatable bonds is 6. The van der Waals surface area contributed by atoms with E-state index in [-0.39, 0.29) is 0 Å². The van der Waals surface area contributed by atoms with Gasteiger partial charge in [-0.15, -0.1) is 0 Å². The van der Waals surface area contributed by atoms with E-state index in [2.05, 4.69) is 29.4 Å². The first-order valence-corrected chi connectivity index (χ1v) is 6.45. The van der Waals surface area contributed by atoms with Crippen LogP contribution in [0, 0.1) is 0 Å². The Balaban J connectivity index is 1.80. The minimum atomic E-state index is 0.565. The van der Waals surface area contributed by atoms with Crippen LogP contribution in [-0.2, 0) is 4.74 Å². The van der Waals surface area contributed by atoms with Crippen molar-refractivity contribution < 1.29 is 9.47 Å². The summed E-state index contributed by atoms with van der Waals surface area (Å²) in [6.07, 6.45) is 1.21. The van der Waals surface area contributed by atoms with E-state index in [1.165, 1.54) is 13.0 Å². The Hall–Kier alpha value is -1.26. The van der Waals surface area contributed by atoms with Crippen LogP contribution in [-0.4, -0.2) is 51.4 Å². The molecule has 0 spiro atoms. The fourth-order valence-corrected chi connectivity index (χ4v) is 2.18. The highest BCUT2D eigenvalue weighted by Crippen LogP contribution is 2.18. The molecule has 1 fully saturated rings. The molecule has 1 heterocycles. The number of hydrogen-bond acceptors (Lipinski definition) is 4. The summed E-state index contributed by atoms with van der Waals surface area (Å²) in [6, 6.07) is 8.70. The Kier molecular flexibility index (Phi) is 4.84. The summed E-state index contributed by atoms with van der Waals surface area (Å²) in [5.41, 5.74) is 1.16. The molecule has 0 saturated carbocycles. The third-order valence-corrected chi connectivity index (χ3v) is 3.17. The number of likely N-dealkylation sites (N-methyl/N-ethyl adjacent to an activating group) is 1. The molecule has 100 valence electrons. The highest BCUT2D eigenvalue weighted by molar-refractivity contribution is 5.47. The van der Waals surface area contributed by atoms with Crippen LogP contribution in [0.25, 0.3) is 0 Å². The minimum Gasteiger partial charge on any atom is -0.491 e. The topological polar surface area (TPSA) is 33.7 Å². The van der Waals surface area contributed by atoms with E-state index in [1.807, 2.05) is 12.1 Å². The normalized spacial score (nSPS) is 20.0. The second kappa shape index (κ2) is 6.61. The number of anilines is 1. The van der Waals surface area contributed by atoms with Crippen molar-refractivity contribution in [3.05, 3.63) is 24.3 Å². The SMILES string of the molecule is COCCOc1ccc(NC2CCN(C)C2)cc1. The number of ether oxygens (including phenoxy) is 2. The zero-order chi connectivity index (χ0) is 12.8. The Morgan fingerprint density at radius 1 is 1.28 bits per heavy atom. The molecule has 1 aliphatic heterocycles. The summed E-state index contributed by atoms with van der Waals surface area (Å²) >= 11 is 0. The third-order valence-electron chi connectivity index (χ3n) is 3.17. The summed E-state index contributed by atoms with van der Waals surface area (Å²) < 4.78 is 10.5. The van der Waals surface area contributed by atoms with E-state index < -0.39 is 0 Å². The van der Waals surface area contributed by atoms with E-state index in [4.69, 9.17) is 9.47 Å². The Labute approximate surface area is 109 Å². The molecule has 4 heteroatoms. The van der Waals surface area contributed by atoms with Gasteiger partial charge in [0.05, 0.1) is 6.61 Å². The van der Waals surface area contributed by atoms with Gasteiger partial charge in [-0.05, 0) is 44.3 Å². The molecule has 1 atom stereocenters. The summed E-state index contributed by atoms with van der Waals surface area (Å²) in [6.45, 7) is 3.51. The van der Waals surface area contributed by atoms with Crippen LogP contribution >= 0.6 is 0 Å². The molecule has 0 aliphatic carbocycles. The standard InChI is InChI=1S/C14H22N2O2/c1-16-8-7-13(11-16)15-12-3-5-14(6-4-12)18-10-9-17-2/h3-6,13,15H,7-11H2,1-2H3. The quantitative estimate of drug-likeness (QED) is 0.781. The van der Waals surface area contributed by atoms with Crippen molar-refractivity contribution in [1.29, 1.82) is 0 Å². The van der Waals surface area contributed by atoms with Gasteiger partial charge in [0.1, 0.15) is 12.4 Å². The van der Waals surface area contributed by atoms with Gasteiger partial charge in [0.25, 0.3) is 0 Å². The lowest BCUT2D eigenvalue weighted by atomic mass is 10.2. The maximum Gasteiger partial charge on any atom is 0.119 e. The molecule has 18 heavy (non-hydrogen) atoms. The number of methoxy groups -OCH3 is 1. The van der Waals surface area contributed by atoms with Gasteiger partial charge in [0.2, 0.25) is 0 Å². The Morgan fingerprint density at radius 3 is 2.67 bits per heavy atom. The summed E-state index contributed by atoms with van der Waals surface area (Å²) in [5.74, 6) is 0.890. The molecule has 1 aliphatic rings. The second-order valence-corrected chi connectivity index (χ2v) is 4.76. The predicted octanol–water partition coefficient (Wildman–Crippen LogP) is 1.83. The van der Waals surface area contributed by atoms with Gasteiger partial charge in [0, 0.05) is 25.4 Å². The van der Waals surface area contributed by atoms with Crippen LogP contribution in [0.2, 0.25) is 0 Å². The fraction of sp³-hybridized carbons (Fsp3) is 0.571. The Morgan fingerprint density at radius 2 is 2.06 bits per heavy atom. The van der Waals surface area contributed by atoms with Crippen molar-refractivity contribution >= 4 is 5.69 Å². The largest absolute Gasteiger partial charge is 0.491 e. The van der Waals surface area contributed by atoms with Crippen molar-refractivity contribution in [2.45, 2.75) is 12.5 Å². The van der Waals surface area contributed by atoms with Gasteiger partial charge in [-0.1, -0.05) is 0 Å². The van der Waals surface area contributed by atoms with Crippen LogP contribution in [0.4, 0.5) is 5.69 Å². The van der Waals surface area contributed by atoms with Crippen molar-refractivity contribution in [1.82, 2.24) is 4.90 Å². The predicted molar refractivity (Wildman–Crippen MR) is 73.3 cm³/mol. The molecule has 1 unspecified atom stereocenters. The number of nitrogens with zero attached hydrogens (tertiary/aromatic N) is 1. The number of likely N-dealkylation sites (tertiary alicyclic amines) is 1. The van der Waals surface area contributed by atoms with E-state index in [0.717, 1.165) is 18.0 Å². The average Bonchev–Trinajstić information content (AvgIpc) is 2.77. The lowest BCUT2D eigenvalue weighted by Gasteiger charge is -2.14. The lowest BCUT2D eigenvalue weighted by Crippen LogP contribution is -2.23. The van der Waals surface area contributed by atoms with Gasteiger partial charge in [-0.2, -0.15) is 0 Å². The van der Waals surface area contributed by atoms with Gasteiger partial charge < -0.3 is 19.7 Å². The molecule has 0 amide bonds. The first kappa shape index (κ1) is 13.2. The highest BCUT2D eigenvalue weighted by Gasteiger charge is 2.18. The number of benzene rings is 1. The second-order valence-electron chi connectivity index (χ2n) is 4.76. The van der Waals surface area contributed by atoms with Crippen LogP contribution in [0.15, 0.2) is 24.3 Å². The molecule has 1 aromatic rings. The molecular formula is C14H22N2O2. The number of nitrogens with one attached hydrogen (secondary N) is 1. The van der Waals surface area contributed by atoms with Gasteiger partial charge in [0.15, 0.2) is 0 Å². The van der Waals surface area contributed by atoms with E-state index in [9.17, 15) is 0 Å². The molecule has 1 N–H and O–H groups in total. The van der Waals surface area contributed by atoms with Gasteiger partial charge >= 0.3 is 0 Å².